The van der Waals surface area contributed by atoms with Crippen molar-refractivity contribution in [2.45, 2.75) is 19.9 Å². The maximum absolute atomic E-state index is 10.6. The van der Waals surface area contributed by atoms with Crippen molar-refractivity contribution in [2.75, 3.05) is 5.32 Å². The molecular formula is C11H12N2O2S. The zero-order valence-electron chi connectivity index (χ0n) is 9.06. The van der Waals surface area contributed by atoms with E-state index in [1.165, 1.54) is 6.07 Å². The van der Waals surface area contributed by atoms with Crippen molar-refractivity contribution in [1.29, 1.82) is 0 Å². The van der Waals surface area contributed by atoms with Gasteiger partial charge in [0.2, 0.25) is 0 Å². The number of benzene rings is 1. The summed E-state index contributed by atoms with van der Waals surface area (Å²) in [4.78, 5) is 10.3. The van der Waals surface area contributed by atoms with Crippen LogP contribution in [0.3, 0.4) is 0 Å². The summed E-state index contributed by atoms with van der Waals surface area (Å²) in [5.74, 6) is 0. The van der Waals surface area contributed by atoms with Crippen molar-refractivity contribution in [3.63, 3.8) is 0 Å². The van der Waals surface area contributed by atoms with E-state index in [1.54, 1.807) is 23.5 Å². The highest BCUT2D eigenvalue weighted by atomic mass is 32.1. The van der Waals surface area contributed by atoms with Crippen molar-refractivity contribution >= 4 is 32.1 Å². The first-order valence-electron chi connectivity index (χ1n) is 5.01. The molecule has 16 heavy (non-hydrogen) atoms. The second-order valence-electron chi connectivity index (χ2n) is 3.89. The Morgan fingerprint density at radius 2 is 2.12 bits per heavy atom. The summed E-state index contributed by atoms with van der Waals surface area (Å²) in [7, 11) is 0. The molecule has 0 fully saturated rings. The summed E-state index contributed by atoms with van der Waals surface area (Å²) >= 11 is 1.61. The van der Waals surface area contributed by atoms with Gasteiger partial charge >= 0.3 is 0 Å². The summed E-state index contributed by atoms with van der Waals surface area (Å²) in [6.45, 7) is 4.12. The van der Waals surface area contributed by atoms with Crippen molar-refractivity contribution in [2.24, 2.45) is 0 Å². The maximum Gasteiger partial charge on any atom is 0.270 e. The lowest BCUT2D eigenvalue weighted by Crippen LogP contribution is -2.07. The molecule has 4 nitrogen and oxygen atoms in total. The lowest BCUT2D eigenvalue weighted by Gasteiger charge is -2.05. The first-order valence-corrected chi connectivity index (χ1v) is 5.82. The molecule has 1 aromatic carbocycles. The van der Waals surface area contributed by atoms with Gasteiger partial charge in [-0.25, -0.2) is 0 Å². The SMILES string of the molecule is CC(C)Nc1cc2cc([N+](=O)[O-])ccc2s1. The number of nitrogens with one attached hydrogen (secondary N) is 1. The largest absolute Gasteiger partial charge is 0.375 e. The zero-order chi connectivity index (χ0) is 11.7. The molecule has 1 N–H and O–H groups in total. The van der Waals surface area contributed by atoms with Gasteiger partial charge in [0, 0.05) is 28.3 Å². The van der Waals surface area contributed by atoms with Crippen LogP contribution in [0.25, 0.3) is 10.1 Å². The molecule has 0 aliphatic rings. The van der Waals surface area contributed by atoms with Gasteiger partial charge in [-0.2, -0.15) is 0 Å². The van der Waals surface area contributed by atoms with Gasteiger partial charge in [-0.3, -0.25) is 10.1 Å². The smallest absolute Gasteiger partial charge is 0.270 e. The monoisotopic (exact) mass is 236 g/mol. The molecule has 0 radical (unpaired) electrons. The standard InChI is InChI=1S/C11H12N2O2S/c1-7(2)12-11-6-8-5-9(13(14)15)3-4-10(8)16-11/h3-7,12H,1-2H3. The molecule has 2 rings (SSSR count). The Bertz CT molecular complexity index is 534. The fraction of sp³-hybridized carbons (Fsp3) is 0.273. The van der Waals surface area contributed by atoms with E-state index in [4.69, 9.17) is 0 Å². The molecule has 84 valence electrons. The van der Waals surface area contributed by atoms with Crippen LogP contribution in [0.15, 0.2) is 24.3 Å². The number of nitro groups is 1. The van der Waals surface area contributed by atoms with E-state index < -0.39 is 0 Å². The second kappa shape index (κ2) is 4.09. The van der Waals surface area contributed by atoms with Crippen LogP contribution in [-0.2, 0) is 0 Å². The second-order valence-corrected chi connectivity index (χ2v) is 4.97. The number of fused-ring (bicyclic) bond motifs is 1. The highest BCUT2D eigenvalue weighted by Gasteiger charge is 2.08. The Kier molecular flexibility index (Phi) is 2.78. The highest BCUT2D eigenvalue weighted by molar-refractivity contribution is 7.22. The van der Waals surface area contributed by atoms with E-state index in [2.05, 4.69) is 19.2 Å². The van der Waals surface area contributed by atoms with Crippen molar-refractivity contribution in [3.05, 3.63) is 34.4 Å². The van der Waals surface area contributed by atoms with E-state index in [-0.39, 0.29) is 10.6 Å². The van der Waals surface area contributed by atoms with Gasteiger partial charge in [-0.05, 0) is 26.0 Å². The predicted octanol–water partition coefficient (Wildman–Crippen LogP) is 3.63. The Hall–Kier alpha value is -1.62. The number of nitrogens with zero attached hydrogens (tertiary/aromatic N) is 1. The van der Waals surface area contributed by atoms with Gasteiger partial charge in [0.25, 0.3) is 5.69 Å². The average molecular weight is 236 g/mol. The van der Waals surface area contributed by atoms with Gasteiger partial charge in [0.05, 0.1) is 9.92 Å². The average Bonchev–Trinajstić information content (AvgIpc) is 2.56. The van der Waals surface area contributed by atoms with Gasteiger partial charge in [-0.15, -0.1) is 11.3 Å². The number of hydrogen-bond donors (Lipinski definition) is 1. The molecule has 0 saturated heterocycles. The molecule has 0 saturated carbocycles. The molecule has 1 aromatic heterocycles. The fourth-order valence-electron chi connectivity index (χ4n) is 1.50. The zero-order valence-corrected chi connectivity index (χ0v) is 9.88. The third-order valence-electron chi connectivity index (χ3n) is 2.14. The number of anilines is 1. The van der Waals surface area contributed by atoms with Crippen LogP contribution >= 0.6 is 11.3 Å². The number of rotatable bonds is 3. The first-order chi connectivity index (χ1) is 7.56. The Morgan fingerprint density at radius 1 is 1.38 bits per heavy atom. The van der Waals surface area contributed by atoms with Crippen LogP contribution in [0.1, 0.15) is 13.8 Å². The molecule has 2 aromatic rings. The maximum atomic E-state index is 10.6. The van der Waals surface area contributed by atoms with Crippen molar-refractivity contribution < 1.29 is 4.92 Å². The molecular weight excluding hydrogens is 224 g/mol. The van der Waals surface area contributed by atoms with Crippen LogP contribution in [0.4, 0.5) is 10.7 Å². The lowest BCUT2D eigenvalue weighted by molar-refractivity contribution is -0.384. The van der Waals surface area contributed by atoms with Gasteiger partial charge in [0.15, 0.2) is 0 Å². The molecule has 0 spiro atoms. The van der Waals surface area contributed by atoms with Gasteiger partial charge in [-0.1, -0.05) is 0 Å². The van der Waals surface area contributed by atoms with Crippen molar-refractivity contribution in [1.82, 2.24) is 0 Å². The first kappa shape index (κ1) is 10.9. The molecule has 0 amide bonds. The third-order valence-corrected chi connectivity index (χ3v) is 3.19. The minimum absolute atomic E-state index is 0.140. The van der Waals surface area contributed by atoms with E-state index in [1.807, 2.05) is 6.07 Å². The van der Waals surface area contributed by atoms with Crippen LogP contribution < -0.4 is 5.32 Å². The van der Waals surface area contributed by atoms with Gasteiger partial charge < -0.3 is 5.32 Å². The lowest BCUT2D eigenvalue weighted by atomic mass is 10.2. The van der Waals surface area contributed by atoms with Crippen LogP contribution in [-0.4, -0.2) is 11.0 Å². The van der Waals surface area contributed by atoms with E-state index >= 15 is 0 Å². The summed E-state index contributed by atoms with van der Waals surface area (Å²) in [5.41, 5.74) is 0.140. The number of hydrogen-bond acceptors (Lipinski definition) is 4. The molecule has 0 bridgehead atoms. The molecule has 5 heteroatoms. The van der Waals surface area contributed by atoms with Crippen molar-refractivity contribution in [3.8, 4) is 0 Å². The fourth-order valence-corrected chi connectivity index (χ4v) is 2.59. The van der Waals surface area contributed by atoms with E-state index in [0.717, 1.165) is 15.1 Å². The van der Waals surface area contributed by atoms with Crippen LogP contribution in [0, 0.1) is 10.1 Å². The van der Waals surface area contributed by atoms with Crippen LogP contribution in [0.5, 0.6) is 0 Å². The minimum Gasteiger partial charge on any atom is -0.375 e. The molecule has 0 atom stereocenters. The molecule has 0 unspecified atom stereocenters. The molecule has 0 aliphatic heterocycles. The normalized spacial score (nSPS) is 10.9. The summed E-state index contributed by atoms with van der Waals surface area (Å²) < 4.78 is 1.06. The Morgan fingerprint density at radius 3 is 2.75 bits per heavy atom. The molecule has 1 heterocycles. The predicted molar refractivity (Wildman–Crippen MR) is 67.2 cm³/mol. The van der Waals surface area contributed by atoms with E-state index in [0.29, 0.717) is 6.04 Å². The van der Waals surface area contributed by atoms with E-state index in [9.17, 15) is 10.1 Å². The Labute approximate surface area is 97.1 Å². The summed E-state index contributed by atoms with van der Waals surface area (Å²) in [6.07, 6.45) is 0. The quantitative estimate of drug-likeness (QED) is 0.654. The minimum atomic E-state index is -0.368. The third kappa shape index (κ3) is 2.14. The molecule has 0 aliphatic carbocycles. The number of thiophene rings is 1. The number of non-ortho nitro benzene ring substituents is 1. The summed E-state index contributed by atoms with van der Waals surface area (Å²) in [5, 5.41) is 15.9. The van der Waals surface area contributed by atoms with Gasteiger partial charge in [0.1, 0.15) is 0 Å². The van der Waals surface area contributed by atoms with Crippen LogP contribution in [0.2, 0.25) is 0 Å². The highest BCUT2D eigenvalue weighted by Crippen LogP contribution is 2.32. The Balaban J connectivity index is 2.42. The topological polar surface area (TPSA) is 55.2 Å². The number of nitro benzene ring substituents is 1. The summed E-state index contributed by atoms with van der Waals surface area (Å²) in [6, 6.07) is 7.26.